The first-order valence-corrected chi connectivity index (χ1v) is 5.73. The molecule has 0 spiro atoms. The third kappa shape index (κ3) is 2.23. The highest BCUT2D eigenvalue weighted by molar-refractivity contribution is 9.09. The Labute approximate surface area is 73.7 Å². The van der Waals surface area contributed by atoms with Crippen LogP contribution in [0.2, 0.25) is 0 Å². The first-order chi connectivity index (χ1) is 4.36. The molecule has 0 amide bonds. The lowest BCUT2D eigenvalue weighted by molar-refractivity contribution is 0.572. The quantitative estimate of drug-likeness (QED) is 0.665. The number of hydrogen-bond donors (Lipinski definition) is 0. The zero-order chi connectivity index (χ0) is 6.69. The van der Waals surface area contributed by atoms with Gasteiger partial charge in [0.1, 0.15) is 0 Å². The van der Waals surface area contributed by atoms with Crippen molar-refractivity contribution in [2.24, 2.45) is 11.8 Å². The van der Waals surface area contributed by atoms with Crippen LogP contribution >= 0.6 is 31.9 Å². The molecule has 0 radical (unpaired) electrons. The maximum atomic E-state index is 3.52. The van der Waals surface area contributed by atoms with Gasteiger partial charge in [0.15, 0.2) is 0 Å². The van der Waals surface area contributed by atoms with E-state index < -0.39 is 0 Å². The topological polar surface area (TPSA) is 0 Å². The second-order valence-electron chi connectivity index (χ2n) is 2.85. The summed E-state index contributed by atoms with van der Waals surface area (Å²) in [6.45, 7) is 0. The zero-order valence-electron chi connectivity index (χ0n) is 5.45. The van der Waals surface area contributed by atoms with E-state index in [0.29, 0.717) is 0 Å². The minimum absolute atomic E-state index is 0.965. The van der Waals surface area contributed by atoms with Crippen LogP contribution in [0, 0.1) is 11.8 Å². The predicted molar refractivity (Wildman–Crippen MR) is 48.4 cm³/mol. The molecule has 1 rings (SSSR count). The van der Waals surface area contributed by atoms with Gasteiger partial charge in [-0.15, -0.1) is 0 Å². The molecule has 0 aromatic heterocycles. The first-order valence-electron chi connectivity index (χ1n) is 3.48. The van der Waals surface area contributed by atoms with Crippen molar-refractivity contribution < 1.29 is 0 Å². The molecular weight excluding hydrogens is 244 g/mol. The third-order valence-electron chi connectivity index (χ3n) is 2.09. The van der Waals surface area contributed by atoms with Crippen LogP contribution in [0.25, 0.3) is 0 Å². The number of rotatable bonds is 2. The molecule has 0 saturated heterocycles. The highest BCUT2D eigenvalue weighted by Crippen LogP contribution is 2.32. The molecule has 0 nitrogen and oxygen atoms in total. The van der Waals surface area contributed by atoms with Crippen molar-refractivity contribution in [2.75, 3.05) is 10.7 Å². The lowest BCUT2D eigenvalue weighted by Crippen LogP contribution is -1.97. The fraction of sp³-hybridized carbons (Fsp3) is 1.00. The average Bonchev–Trinajstić information content (AvgIpc) is 2.34. The van der Waals surface area contributed by atoms with Gasteiger partial charge in [-0.05, 0) is 31.1 Å². The largest absolute Gasteiger partial charge is 0.0925 e. The zero-order valence-corrected chi connectivity index (χ0v) is 8.62. The smallest absolute Gasteiger partial charge is 0.00597 e. The number of halogens is 2. The van der Waals surface area contributed by atoms with Gasteiger partial charge in [0.25, 0.3) is 0 Å². The van der Waals surface area contributed by atoms with Crippen LogP contribution in [-0.2, 0) is 0 Å². The second kappa shape index (κ2) is 3.97. The average molecular weight is 256 g/mol. The van der Waals surface area contributed by atoms with E-state index >= 15 is 0 Å². The summed E-state index contributed by atoms with van der Waals surface area (Å²) in [5, 5.41) is 2.41. The van der Waals surface area contributed by atoms with Crippen LogP contribution in [0.3, 0.4) is 0 Å². The van der Waals surface area contributed by atoms with E-state index in [-0.39, 0.29) is 0 Å². The Morgan fingerprint density at radius 1 is 1.00 bits per heavy atom. The Hall–Kier alpha value is 0.960. The van der Waals surface area contributed by atoms with Gasteiger partial charge in [-0.25, -0.2) is 0 Å². The van der Waals surface area contributed by atoms with Gasteiger partial charge in [-0.2, -0.15) is 0 Å². The lowest BCUT2D eigenvalue weighted by Gasteiger charge is -2.03. The van der Waals surface area contributed by atoms with Crippen LogP contribution in [-0.4, -0.2) is 10.7 Å². The van der Waals surface area contributed by atoms with Gasteiger partial charge in [0, 0.05) is 10.7 Å². The monoisotopic (exact) mass is 254 g/mol. The molecule has 0 aliphatic heterocycles. The number of alkyl halides is 2. The third-order valence-corrected chi connectivity index (χ3v) is 3.92. The molecule has 0 aromatic carbocycles. The molecule has 2 atom stereocenters. The predicted octanol–water partition coefficient (Wildman–Crippen LogP) is 3.19. The highest BCUT2D eigenvalue weighted by atomic mass is 79.9. The van der Waals surface area contributed by atoms with E-state index in [1.807, 2.05) is 0 Å². The van der Waals surface area contributed by atoms with Crippen molar-refractivity contribution >= 4 is 31.9 Å². The van der Waals surface area contributed by atoms with Gasteiger partial charge < -0.3 is 0 Å². The van der Waals surface area contributed by atoms with Crippen LogP contribution in [0.1, 0.15) is 19.3 Å². The van der Waals surface area contributed by atoms with Crippen LogP contribution < -0.4 is 0 Å². The van der Waals surface area contributed by atoms with Crippen molar-refractivity contribution in [2.45, 2.75) is 19.3 Å². The maximum Gasteiger partial charge on any atom is 0.00597 e. The molecule has 54 valence electrons. The van der Waals surface area contributed by atoms with E-state index in [2.05, 4.69) is 31.9 Å². The summed E-state index contributed by atoms with van der Waals surface area (Å²) >= 11 is 7.04. The Bertz CT molecular complexity index is 73.0. The summed E-state index contributed by atoms with van der Waals surface area (Å²) in [6, 6.07) is 0. The summed E-state index contributed by atoms with van der Waals surface area (Å²) in [5.74, 6) is 1.93. The molecule has 0 unspecified atom stereocenters. The molecule has 1 aliphatic carbocycles. The molecule has 0 bridgehead atoms. The van der Waals surface area contributed by atoms with Crippen molar-refractivity contribution in [1.82, 2.24) is 0 Å². The summed E-state index contributed by atoms with van der Waals surface area (Å²) in [5.41, 5.74) is 0. The summed E-state index contributed by atoms with van der Waals surface area (Å²) < 4.78 is 0. The molecule has 1 aliphatic rings. The van der Waals surface area contributed by atoms with E-state index in [1.54, 1.807) is 0 Å². The normalized spacial score (nSPS) is 35.3. The van der Waals surface area contributed by atoms with Gasteiger partial charge in [-0.1, -0.05) is 31.9 Å². The molecule has 0 aromatic rings. The molecule has 2 heteroatoms. The van der Waals surface area contributed by atoms with Crippen molar-refractivity contribution in [3.63, 3.8) is 0 Å². The Balaban J connectivity index is 2.20. The van der Waals surface area contributed by atoms with E-state index in [9.17, 15) is 0 Å². The maximum absolute atomic E-state index is 3.52. The highest BCUT2D eigenvalue weighted by Gasteiger charge is 2.22. The number of hydrogen-bond acceptors (Lipinski definition) is 0. The van der Waals surface area contributed by atoms with Crippen molar-refractivity contribution in [1.29, 1.82) is 0 Å². The van der Waals surface area contributed by atoms with Crippen LogP contribution in [0.4, 0.5) is 0 Å². The fourth-order valence-electron chi connectivity index (χ4n) is 1.46. The fourth-order valence-corrected chi connectivity index (χ4v) is 2.63. The molecule has 9 heavy (non-hydrogen) atoms. The molecule has 0 N–H and O–H groups in total. The molecule has 1 saturated carbocycles. The minimum Gasteiger partial charge on any atom is -0.0925 e. The van der Waals surface area contributed by atoms with Gasteiger partial charge in [0.05, 0.1) is 0 Å². The van der Waals surface area contributed by atoms with Crippen molar-refractivity contribution in [3.05, 3.63) is 0 Å². The molecular formula is C7H12Br2. The Morgan fingerprint density at radius 3 is 1.67 bits per heavy atom. The standard InChI is InChI=1S/C7H12Br2/c8-4-6-1-2-7(3-6)5-9/h6-7H,1-5H2/t6-,7+. The van der Waals surface area contributed by atoms with E-state index in [0.717, 1.165) is 11.8 Å². The summed E-state index contributed by atoms with van der Waals surface area (Å²) in [7, 11) is 0. The van der Waals surface area contributed by atoms with Gasteiger partial charge in [0.2, 0.25) is 0 Å². The molecule has 0 heterocycles. The van der Waals surface area contributed by atoms with Crippen LogP contribution in [0.15, 0.2) is 0 Å². The summed E-state index contributed by atoms with van der Waals surface area (Å²) in [6.07, 6.45) is 4.29. The SMILES string of the molecule is BrC[C@@H]1CC[C@H](CBr)C1. The van der Waals surface area contributed by atoms with Gasteiger partial charge >= 0.3 is 0 Å². The molecule has 1 fully saturated rings. The Morgan fingerprint density at radius 2 is 1.44 bits per heavy atom. The van der Waals surface area contributed by atoms with E-state index in [1.165, 1.54) is 29.9 Å². The minimum atomic E-state index is 0.965. The summed E-state index contributed by atoms with van der Waals surface area (Å²) in [4.78, 5) is 0. The van der Waals surface area contributed by atoms with Crippen LogP contribution in [0.5, 0.6) is 0 Å². The lowest BCUT2D eigenvalue weighted by atomic mass is 10.1. The first kappa shape index (κ1) is 8.06. The second-order valence-corrected chi connectivity index (χ2v) is 4.15. The van der Waals surface area contributed by atoms with Crippen molar-refractivity contribution in [3.8, 4) is 0 Å². The van der Waals surface area contributed by atoms with Gasteiger partial charge in [-0.3, -0.25) is 0 Å². The van der Waals surface area contributed by atoms with E-state index in [4.69, 9.17) is 0 Å². The Kier molecular flexibility index (Phi) is 3.55.